The van der Waals surface area contributed by atoms with Crippen LogP contribution in [0.4, 0.5) is 0 Å². The van der Waals surface area contributed by atoms with E-state index < -0.39 is 7.12 Å². The van der Waals surface area contributed by atoms with E-state index in [4.69, 9.17) is 4.65 Å². The summed E-state index contributed by atoms with van der Waals surface area (Å²) in [4.78, 5) is 0. The molecule has 0 unspecified atom stereocenters. The number of rotatable bonds is 5. The van der Waals surface area contributed by atoms with Gasteiger partial charge in [-0.15, -0.1) is 0 Å². The van der Waals surface area contributed by atoms with Gasteiger partial charge in [-0.05, 0) is 16.2 Å². The van der Waals surface area contributed by atoms with E-state index in [1.54, 1.807) is 0 Å². The van der Waals surface area contributed by atoms with Crippen molar-refractivity contribution >= 4 is 23.4 Å². The van der Waals surface area contributed by atoms with Crippen LogP contribution in [0.2, 0.25) is 0 Å². The van der Waals surface area contributed by atoms with E-state index in [1.165, 1.54) is 0 Å². The van der Waals surface area contributed by atoms with Crippen molar-refractivity contribution in [3.05, 3.63) is 42.5 Å². The largest absolute Gasteiger partial charge is 0.491 e. The van der Waals surface area contributed by atoms with Gasteiger partial charge in [-0.2, -0.15) is 0 Å². The van der Waals surface area contributed by atoms with Crippen molar-refractivity contribution < 1.29 is 14.8 Å². The zero-order chi connectivity index (χ0) is 13.9. The number of benzene rings is 2. The first-order valence-electron chi connectivity index (χ1n) is 6.42. The Hall–Kier alpha value is -1.36. The number of aliphatic hydroxyl groups excluding tert-OH is 1. The third-order valence-corrected chi connectivity index (χ3v) is 3.15. The Balaban J connectivity index is 2.20. The Bertz CT molecular complexity index is 549. The highest BCUT2D eigenvalue weighted by Crippen LogP contribution is 2.15. The van der Waals surface area contributed by atoms with Gasteiger partial charge < -0.3 is 14.8 Å². The van der Waals surface area contributed by atoms with Gasteiger partial charge in [0.15, 0.2) is 0 Å². The summed E-state index contributed by atoms with van der Waals surface area (Å²) in [7, 11) is -0.975. The van der Waals surface area contributed by atoms with Crippen LogP contribution in [0.15, 0.2) is 42.5 Å². The molecule has 2 rings (SSSR count). The summed E-state index contributed by atoms with van der Waals surface area (Å²) in [5.41, 5.74) is 0.401. The molecule has 0 bridgehead atoms. The molecule has 2 aromatic carbocycles. The normalized spacial score (nSPS) is 11.8. The van der Waals surface area contributed by atoms with Crippen LogP contribution in [0, 0.1) is 5.41 Å². The second-order valence-corrected chi connectivity index (χ2v) is 5.55. The summed E-state index contributed by atoms with van der Waals surface area (Å²) in [5.74, 6) is 0. The minimum atomic E-state index is -0.975. The van der Waals surface area contributed by atoms with Gasteiger partial charge in [-0.1, -0.05) is 56.3 Å². The average Bonchev–Trinajstić information content (AvgIpc) is 2.44. The van der Waals surface area contributed by atoms with Crippen LogP contribution in [-0.4, -0.2) is 30.5 Å². The van der Waals surface area contributed by atoms with Gasteiger partial charge in [-0.3, -0.25) is 0 Å². The molecular formula is C15H19BO3. The molecule has 0 heterocycles. The van der Waals surface area contributed by atoms with Crippen LogP contribution in [0.25, 0.3) is 10.8 Å². The molecule has 3 nitrogen and oxygen atoms in total. The second kappa shape index (κ2) is 5.74. The molecule has 100 valence electrons. The molecular weight excluding hydrogens is 239 g/mol. The van der Waals surface area contributed by atoms with Crippen LogP contribution < -0.4 is 5.46 Å². The molecule has 0 fully saturated rings. The highest BCUT2D eigenvalue weighted by Gasteiger charge is 2.24. The Morgan fingerprint density at radius 3 is 2.53 bits per heavy atom. The molecule has 0 saturated heterocycles. The molecule has 19 heavy (non-hydrogen) atoms. The Morgan fingerprint density at radius 1 is 1.11 bits per heavy atom. The van der Waals surface area contributed by atoms with Gasteiger partial charge in [0.05, 0.1) is 6.61 Å². The molecule has 0 spiro atoms. The molecule has 4 heteroatoms. The first kappa shape index (κ1) is 14.1. The molecule has 0 saturated carbocycles. The summed E-state index contributed by atoms with van der Waals surface area (Å²) in [6.45, 7) is 4.11. The van der Waals surface area contributed by atoms with Crippen molar-refractivity contribution in [2.75, 3.05) is 13.2 Å². The molecule has 0 amide bonds. The zero-order valence-electron chi connectivity index (χ0n) is 11.3. The van der Waals surface area contributed by atoms with Gasteiger partial charge in [-0.25, -0.2) is 0 Å². The average molecular weight is 258 g/mol. The lowest BCUT2D eigenvalue weighted by Gasteiger charge is -2.22. The van der Waals surface area contributed by atoms with Crippen LogP contribution in [0.1, 0.15) is 13.8 Å². The van der Waals surface area contributed by atoms with Crippen LogP contribution in [-0.2, 0) is 4.65 Å². The van der Waals surface area contributed by atoms with Crippen molar-refractivity contribution in [2.24, 2.45) is 5.41 Å². The van der Waals surface area contributed by atoms with Crippen molar-refractivity contribution in [2.45, 2.75) is 13.8 Å². The lowest BCUT2D eigenvalue weighted by atomic mass is 9.76. The molecule has 0 aromatic heterocycles. The van der Waals surface area contributed by atoms with Crippen molar-refractivity contribution in [3.63, 3.8) is 0 Å². The molecule has 2 aromatic rings. The Kier molecular flexibility index (Phi) is 4.25. The second-order valence-electron chi connectivity index (χ2n) is 5.55. The topological polar surface area (TPSA) is 49.7 Å². The summed E-state index contributed by atoms with van der Waals surface area (Å²) < 4.78 is 5.49. The number of fused-ring (bicyclic) bond motifs is 1. The maximum atomic E-state index is 10.2. The van der Waals surface area contributed by atoms with E-state index in [9.17, 15) is 10.1 Å². The van der Waals surface area contributed by atoms with Gasteiger partial charge in [0.25, 0.3) is 0 Å². The Morgan fingerprint density at radius 2 is 1.79 bits per heavy atom. The maximum Gasteiger partial charge on any atom is 0.491 e. The van der Waals surface area contributed by atoms with E-state index in [1.807, 2.05) is 56.3 Å². The highest BCUT2D eigenvalue weighted by atomic mass is 16.5. The summed E-state index contributed by atoms with van der Waals surface area (Å²) >= 11 is 0. The van der Waals surface area contributed by atoms with Crippen LogP contribution in [0.5, 0.6) is 0 Å². The maximum absolute atomic E-state index is 10.2. The van der Waals surface area contributed by atoms with Gasteiger partial charge in [0, 0.05) is 12.0 Å². The number of hydrogen-bond donors (Lipinski definition) is 2. The molecule has 2 N–H and O–H groups in total. The third kappa shape index (κ3) is 3.35. The van der Waals surface area contributed by atoms with E-state index >= 15 is 0 Å². The first-order chi connectivity index (χ1) is 9.03. The van der Waals surface area contributed by atoms with E-state index in [0.29, 0.717) is 6.61 Å². The van der Waals surface area contributed by atoms with E-state index in [2.05, 4.69) is 0 Å². The first-order valence-corrected chi connectivity index (χ1v) is 6.42. The summed E-state index contributed by atoms with van der Waals surface area (Å²) in [6.07, 6.45) is 0. The fraction of sp³-hybridized carbons (Fsp3) is 0.333. The van der Waals surface area contributed by atoms with Crippen molar-refractivity contribution in [1.29, 1.82) is 0 Å². The quantitative estimate of drug-likeness (QED) is 0.800. The monoisotopic (exact) mass is 258 g/mol. The van der Waals surface area contributed by atoms with E-state index in [-0.39, 0.29) is 12.0 Å². The fourth-order valence-electron chi connectivity index (χ4n) is 1.91. The third-order valence-electron chi connectivity index (χ3n) is 3.15. The number of aliphatic hydroxyl groups is 1. The summed E-state index contributed by atoms with van der Waals surface area (Å²) in [6, 6.07) is 13.6. The standard InChI is InChI=1S/C15H19BO3/c1-15(2,10-17)11-19-16(18)14-9-5-7-12-6-3-4-8-13(12)14/h3-9,17-18H,10-11H2,1-2H3. The fourth-order valence-corrected chi connectivity index (χ4v) is 1.91. The molecule has 0 radical (unpaired) electrons. The van der Waals surface area contributed by atoms with Crippen LogP contribution >= 0.6 is 0 Å². The molecule has 0 atom stereocenters. The highest BCUT2D eigenvalue weighted by molar-refractivity contribution is 6.63. The molecule has 0 aliphatic rings. The minimum Gasteiger partial charge on any atom is -0.423 e. The number of hydrogen-bond acceptors (Lipinski definition) is 3. The van der Waals surface area contributed by atoms with Crippen molar-refractivity contribution in [3.8, 4) is 0 Å². The molecule has 0 aliphatic heterocycles. The zero-order valence-corrected chi connectivity index (χ0v) is 11.3. The van der Waals surface area contributed by atoms with Gasteiger partial charge >= 0.3 is 7.12 Å². The minimum absolute atomic E-state index is 0.0231. The van der Waals surface area contributed by atoms with Crippen molar-refractivity contribution in [1.82, 2.24) is 0 Å². The Labute approximate surface area is 114 Å². The predicted octanol–water partition coefficient (Wildman–Crippen LogP) is 1.56. The molecule has 0 aliphatic carbocycles. The predicted molar refractivity (Wildman–Crippen MR) is 78.4 cm³/mol. The lowest BCUT2D eigenvalue weighted by Crippen LogP contribution is -2.38. The van der Waals surface area contributed by atoms with Gasteiger partial charge in [0.1, 0.15) is 0 Å². The summed E-state index contributed by atoms with van der Waals surface area (Å²) in [5, 5.41) is 21.4. The lowest BCUT2D eigenvalue weighted by molar-refractivity contribution is 0.0887. The van der Waals surface area contributed by atoms with E-state index in [0.717, 1.165) is 16.2 Å². The van der Waals surface area contributed by atoms with Gasteiger partial charge in [0.2, 0.25) is 0 Å². The smallest absolute Gasteiger partial charge is 0.423 e. The SMILES string of the molecule is CC(C)(CO)COB(O)c1cccc2ccccc12. The van der Waals surface area contributed by atoms with Crippen LogP contribution in [0.3, 0.4) is 0 Å².